The van der Waals surface area contributed by atoms with Gasteiger partial charge < -0.3 is 9.84 Å². The number of carboxylic acids is 1. The highest BCUT2D eigenvalue weighted by Crippen LogP contribution is 2.35. The third-order valence-electron chi connectivity index (χ3n) is 6.97. The Morgan fingerprint density at radius 2 is 2.05 bits per heavy atom. The van der Waals surface area contributed by atoms with E-state index in [1.54, 1.807) is 45.5 Å². The summed E-state index contributed by atoms with van der Waals surface area (Å²) in [6, 6.07) is 13.7. The van der Waals surface area contributed by atoms with Crippen LogP contribution in [0.25, 0.3) is 16.9 Å². The molecule has 1 aliphatic carbocycles. The molecule has 1 N–H and O–H groups in total. The minimum atomic E-state index is -1.04. The normalized spacial score (nSPS) is 16.8. The zero-order valence-corrected chi connectivity index (χ0v) is 20.8. The molecular formula is C28H26FN5O4. The molecule has 2 heterocycles. The van der Waals surface area contributed by atoms with E-state index in [0.29, 0.717) is 58.6 Å². The Kier molecular flexibility index (Phi) is 7.03. The van der Waals surface area contributed by atoms with Crippen LogP contribution >= 0.6 is 0 Å². The van der Waals surface area contributed by atoms with E-state index in [0.717, 1.165) is 6.42 Å². The lowest BCUT2D eigenvalue weighted by Gasteiger charge is -2.36. The van der Waals surface area contributed by atoms with Crippen molar-refractivity contribution in [1.29, 1.82) is 5.26 Å². The van der Waals surface area contributed by atoms with E-state index >= 15 is 4.39 Å². The molecule has 0 saturated heterocycles. The number of nitriles is 1. The van der Waals surface area contributed by atoms with Gasteiger partial charge in [-0.25, -0.2) is 13.7 Å². The third-order valence-corrected chi connectivity index (χ3v) is 6.97. The monoisotopic (exact) mass is 515 g/mol. The Morgan fingerprint density at radius 1 is 1.26 bits per heavy atom. The van der Waals surface area contributed by atoms with Gasteiger partial charge in [0, 0.05) is 18.0 Å². The summed E-state index contributed by atoms with van der Waals surface area (Å²) < 4.78 is 24.0. The van der Waals surface area contributed by atoms with Crippen LogP contribution in [0.15, 0.2) is 53.6 Å². The molecule has 38 heavy (non-hydrogen) atoms. The van der Waals surface area contributed by atoms with Crippen molar-refractivity contribution in [2.24, 2.45) is 0 Å². The number of carbonyl (C=O) groups is 1. The average Bonchev–Trinajstić information content (AvgIpc) is 3.37. The molecular weight excluding hydrogens is 489 g/mol. The van der Waals surface area contributed by atoms with Crippen molar-refractivity contribution in [3.05, 3.63) is 87.3 Å². The number of hydrogen-bond donors (Lipinski definition) is 1. The first-order chi connectivity index (χ1) is 18.4. The molecule has 1 saturated carbocycles. The number of hydrogen-bond acceptors (Lipinski definition) is 6. The lowest BCUT2D eigenvalue weighted by molar-refractivity contribution is -0.147. The standard InChI is InChI=1S/C28H26FN5O4/c1-2-5-25-23(10-18-9-8-17(11-24(18)29)22-7-4-3-6-19(22)14-30)27(37)33(28-31-16-32-34(25)28)20-12-21(13-20)38-15-26(35)36/h3-4,6-9,11,16,20-21H,2,5,10,12-13,15H2,1H3,(H,35,36)/t20-,21-. The van der Waals surface area contributed by atoms with Gasteiger partial charge in [-0.05, 0) is 48.1 Å². The molecule has 0 radical (unpaired) electrons. The van der Waals surface area contributed by atoms with Gasteiger partial charge in [-0.2, -0.15) is 15.3 Å². The summed E-state index contributed by atoms with van der Waals surface area (Å²) in [5.74, 6) is -1.10. The highest BCUT2D eigenvalue weighted by molar-refractivity contribution is 5.70. The smallest absolute Gasteiger partial charge is 0.329 e. The van der Waals surface area contributed by atoms with Crippen LogP contribution in [0.1, 0.15) is 54.6 Å². The lowest BCUT2D eigenvalue weighted by atomic mass is 9.88. The molecule has 0 amide bonds. The molecule has 9 nitrogen and oxygen atoms in total. The molecule has 194 valence electrons. The van der Waals surface area contributed by atoms with Crippen LogP contribution in [0.2, 0.25) is 0 Å². The fraction of sp³-hybridized carbons (Fsp3) is 0.321. The van der Waals surface area contributed by atoms with Crippen molar-refractivity contribution >= 4 is 11.7 Å². The first-order valence-electron chi connectivity index (χ1n) is 12.5. The Morgan fingerprint density at radius 3 is 2.76 bits per heavy atom. The number of carboxylic acid groups (broad SMARTS) is 1. The lowest BCUT2D eigenvalue weighted by Crippen LogP contribution is -2.41. The number of aliphatic carboxylic acids is 1. The first-order valence-corrected chi connectivity index (χ1v) is 12.5. The van der Waals surface area contributed by atoms with Crippen molar-refractivity contribution in [3.63, 3.8) is 0 Å². The molecule has 10 heteroatoms. The second kappa shape index (κ2) is 10.6. The first kappa shape index (κ1) is 25.3. The number of aryl methyl sites for hydroxylation is 1. The molecule has 0 unspecified atom stereocenters. The van der Waals surface area contributed by atoms with Gasteiger partial charge in [-0.15, -0.1) is 0 Å². The Labute approximate surface area is 217 Å². The fourth-order valence-corrected chi connectivity index (χ4v) is 5.03. The summed E-state index contributed by atoms with van der Waals surface area (Å²) in [6.45, 7) is 1.61. The molecule has 4 aromatic rings. The molecule has 2 aromatic carbocycles. The third kappa shape index (κ3) is 4.68. The van der Waals surface area contributed by atoms with E-state index in [1.807, 2.05) is 6.92 Å². The second-order valence-electron chi connectivity index (χ2n) is 9.41. The van der Waals surface area contributed by atoms with Crippen LogP contribution in [0.4, 0.5) is 4.39 Å². The van der Waals surface area contributed by atoms with Crippen LogP contribution in [-0.2, 0) is 22.4 Å². The summed E-state index contributed by atoms with van der Waals surface area (Å²) >= 11 is 0. The molecule has 2 aromatic heterocycles. The van der Waals surface area contributed by atoms with Gasteiger partial charge >= 0.3 is 5.97 Å². The van der Waals surface area contributed by atoms with Crippen LogP contribution in [0.3, 0.4) is 0 Å². The van der Waals surface area contributed by atoms with Gasteiger partial charge in [0.2, 0.25) is 5.78 Å². The van der Waals surface area contributed by atoms with Gasteiger partial charge in [0.15, 0.2) is 0 Å². The molecule has 1 aliphatic rings. The number of rotatable bonds is 9. The number of benzene rings is 2. The van der Waals surface area contributed by atoms with Crippen molar-refractivity contribution < 1.29 is 19.0 Å². The van der Waals surface area contributed by atoms with Crippen LogP contribution in [0, 0.1) is 17.1 Å². The number of nitrogens with zero attached hydrogens (tertiary/aromatic N) is 5. The maximum Gasteiger partial charge on any atom is 0.329 e. The molecule has 0 atom stereocenters. The van der Waals surface area contributed by atoms with Crippen molar-refractivity contribution in [3.8, 4) is 17.2 Å². The largest absolute Gasteiger partial charge is 0.480 e. The van der Waals surface area contributed by atoms with Gasteiger partial charge in [-0.1, -0.05) is 43.7 Å². The van der Waals surface area contributed by atoms with Gasteiger partial charge in [0.25, 0.3) is 5.56 Å². The molecule has 0 spiro atoms. The Bertz CT molecular complexity index is 1610. The van der Waals surface area contributed by atoms with E-state index < -0.39 is 11.8 Å². The van der Waals surface area contributed by atoms with Crippen LogP contribution in [-0.4, -0.2) is 43.0 Å². The molecule has 0 bridgehead atoms. The molecule has 5 rings (SSSR count). The van der Waals surface area contributed by atoms with Crippen molar-refractivity contribution in [1.82, 2.24) is 19.2 Å². The van der Waals surface area contributed by atoms with Gasteiger partial charge in [0.1, 0.15) is 18.8 Å². The summed E-state index contributed by atoms with van der Waals surface area (Å²) in [5, 5.41) is 22.6. The summed E-state index contributed by atoms with van der Waals surface area (Å²) in [7, 11) is 0. The number of halogens is 1. The summed E-state index contributed by atoms with van der Waals surface area (Å²) in [5.41, 5.74) is 2.93. The quantitative estimate of drug-likeness (QED) is 0.358. The van der Waals surface area contributed by atoms with E-state index in [1.165, 1.54) is 12.4 Å². The zero-order valence-electron chi connectivity index (χ0n) is 20.8. The minimum absolute atomic E-state index is 0.0711. The zero-order chi connectivity index (χ0) is 26.8. The van der Waals surface area contributed by atoms with Gasteiger partial charge in [-0.3, -0.25) is 9.36 Å². The number of ether oxygens (including phenoxy) is 1. The topological polar surface area (TPSA) is 123 Å². The minimum Gasteiger partial charge on any atom is -0.480 e. The van der Waals surface area contributed by atoms with Crippen LogP contribution in [0.5, 0.6) is 0 Å². The Hall–Kier alpha value is -4.36. The Balaban J connectivity index is 1.52. The predicted molar refractivity (Wildman–Crippen MR) is 136 cm³/mol. The highest BCUT2D eigenvalue weighted by atomic mass is 19.1. The predicted octanol–water partition coefficient (Wildman–Crippen LogP) is 3.92. The maximum atomic E-state index is 15.4. The highest BCUT2D eigenvalue weighted by Gasteiger charge is 2.35. The number of aromatic nitrogens is 4. The maximum absolute atomic E-state index is 15.4. The van der Waals surface area contributed by atoms with E-state index in [4.69, 9.17) is 9.84 Å². The van der Waals surface area contributed by atoms with E-state index in [2.05, 4.69) is 16.2 Å². The SMILES string of the molecule is CCCc1c(Cc2ccc(-c3ccccc3C#N)cc2F)c(=O)n([C@H]2C[C@H](OCC(=O)O)C2)c2ncnn12. The average molecular weight is 516 g/mol. The number of fused-ring (bicyclic) bond motifs is 1. The molecule has 1 fully saturated rings. The van der Waals surface area contributed by atoms with Crippen molar-refractivity contribution in [2.75, 3.05) is 6.61 Å². The van der Waals surface area contributed by atoms with Crippen molar-refractivity contribution in [2.45, 2.75) is 51.2 Å². The van der Waals surface area contributed by atoms with E-state index in [9.17, 15) is 14.9 Å². The van der Waals surface area contributed by atoms with E-state index in [-0.39, 0.29) is 30.7 Å². The molecule has 0 aliphatic heterocycles. The summed E-state index contributed by atoms with van der Waals surface area (Å²) in [6.07, 6.45) is 3.48. The fourth-order valence-electron chi connectivity index (χ4n) is 5.03. The van der Waals surface area contributed by atoms with Crippen LogP contribution < -0.4 is 5.56 Å². The van der Waals surface area contributed by atoms with Gasteiger partial charge in [0.05, 0.1) is 23.4 Å². The summed E-state index contributed by atoms with van der Waals surface area (Å²) in [4.78, 5) is 29.0. The second-order valence-corrected chi connectivity index (χ2v) is 9.41.